The van der Waals surface area contributed by atoms with E-state index < -0.39 is 0 Å². The Hall–Kier alpha value is -4.38. The highest BCUT2D eigenvalue weighted by Crippen LogP contribution is 2.25. The van der Waals surface area contributed by atoms with E-state index in [1.807, 2.05) is 36.0 Å². The SMILES string of the molecule is Cn1c(N/N=C\c2cn(Cc3cccc4ccccc34)c3ccccc23)nc2ccccc21. The first-order chi connectivity index (χ1) is 16.3. The van der Waals surface area contributed by atoms with E-state index in [9.17, 15) is 0 Å². The predicted molar refractivity (Wildman–Crippen MR) is 137 cm³/mol. The van der Waals surface area contributed by atoms with Crippen LogP contribution in [0.15, 0.2) is 102 Å². The Kier molecular flexibility index (Phi) is 4.65. The van der Waals surface area contributed by atoms with Gasteiger partial charge in [-0.05, 0) is 34.5 Å². The van der Waals surface area contributed by atoms with Crippen LogP contribution in [0.5, 0.6) is 0 Å². The third-order valence-corrected chi connectivity index (χ3v) is 6.20. The summed E-state index contributed by atoms with van der Waals surface area (Å²) in [5.74, 6) is 0.715. The maximum Gasteiger partial charge on any atom is 0.224 e. The largest absolute Gasteiger partial charge is 0.342 e. The molecule has 4 aromatic carbocycles. The highest BCUT2D eigenvalue weighted by atomic mass is 15.4. The molecular weight excluding hydrogens is 406 g/mol. The van der Waals surface area contributed by atoms with Crippen LogP contribution in [0.4, 0.5) is 5.95 Å². The zero-order valence-electron chi connectivity index (χ0n) is 18.3. The molecular formula is C28H23N5. The molecule has 0 bridgehead atoms. The summed E-state index contributed by atoms with van der Waals surface area (Å²) >= 11 is 0. The second-order valence-electron chi connectivity index (χ2n) is 8.22. The number of para-hydroxylation sites is 3. The first-order valence-corrected chi connectivity index (χ1v) is 11.0. The van der Waals surface area contributed by atoms with Crippen molar-refractivity contribution in [3.8, 4) is 0 Å². The fraction of sp³-hybridized carbons (Fsp3) is 0.0714. The zero-order chi connectivity index (χ0) is 22.2. The van der Waals surface area contributed by atoms with Gasteiger partial charge in [-0.15, -0.1) is 0 Å². The molecule has 0 fully saturated rings. The highest BCUT2D eigenvalue weighted by molar-refractivity contribution is 5.99. The van der Waals surface area contributed by atoms with Gasteiger partial charge in [0.15, 0.2) is 0 Å². The monoisotopic (exact) mass is 429 g/mol. The van der Waals surface area contributed by atoms with E-state index in [0.29, 0.717) is 5.95 Å². The van der Waals surface area contributed by atoms with Crippen molar-refractivity contribution in [3.63, 3.8) is 0 Å². The summed E-state index contributed by atoms with van der Waals surface area (Å²) < 4.78 is 4.31. The molecule has 0 atom stereocenters. The molecule has 2 aromatic heterocycles. The molecule has 6 aromatic rings. The fourth-order valence-electron chi connectivity index (χ4n) is 4.53. The van der Waals surface area contributed by atoms with Crippen LogP contribution in [0.3, 0.4) is 0 Å². The fourth-order valence-corrected chi connectivity index (χ4v) is 4.53. The molecule has 33 heavy (non-hydrogen) atoms. The van der Waals surface area contributed by atoms with Gasteiger partial charge in [-0.3, -0.25) is 0 Å². The Morgan fingerprint density at radius 1 is 0.818 bits per heavy atom. The number of hydrazone groups is 1. The smallest absolute Gasteiger partial charge is 0.224 e. The van der Waals surface area contributed by atoms with Crippen LogP contribution in [0.1, 0.15) is 11.1 Å². The van der Waals surface area contributed by atoms with Crippen LogP contribution in [-0.2, 0) is 13.6 Å². The van der Waals surface area contributed by atoms with Gasteiger partial charge in [-0.2, -0.15) is 5.10 Å². The van der Waals surface area contributed by atoms with Crippen LogP contribution in [0, 0.1) is 0 Å². The van der Waals surface area contributed by atoms with E-state index >= 15 is 0 Å². The van der Waals surface area contributed by atoms with E-state index in [-0.39, 0.29) is 0 Å². The average Bonchev–Trinajstić information content (AvgIpc) is 3.37. The van der Waals surface area contributed by atoms with E-state index in [0.717, 1.165) is 23.1 Å². The maximum absolute atomic E-state index is 4.63. The van der Waals surface area contributed by atoms with E-state index in [2.05, 4.69) is 99.1 Å². The number of imidazole rings is 1. The van der Waals surface area contributed by atoms with Gasteiger partial charge < -0.3 is 9.13 Å². The summed E-state index contributed by atoms with van der Waals surface area (Å²) in [6, 6.07) is 31.6. The number of hydrogen-bond acceptors (Lipinski definition) is 3. The average molecular weight is 430 g/mol. The predicted octanol–water partition coefficient (Wildman–Crippen LogP) is 6.18. The quantitative estimate of drug-likeness (QED) is 0.263. The molecule has 0 spiro atoms. The lowest BCUT2D eigenvalue weighted by Crippen LogP contribution is -1.99. The van der Waals surface area contributed by atoms with Gasteiger partial charge in [-0.25, -0.2) is 10.4 Å². The third kappa shape index (κ3) is 3.44. The second-order valence-corrected chi connectivity index (χ2v) is 8.22. The molecule has 0 unspecified atom stereocenters. The second kappa shape index (κ2) is 7.95. The first-order valence-electron chi connectivity index (χ1n) is 11.0. The Bertz CT molecular complexity index is 1630. The van der Waals surface area contributed by atoms with Crippen molar-refractivity contribution >= 4 is 44.9 Å². The molecule has 0 amide bonds. The first kappa shape index (κ1) is 19.3. The van der Waals surface area contributed by atoms with Crippen molar-refractivity contribution in [2.24, 2.45) is 12.1 Å². The van der Waals surface area contributed by atoms with Gasteiger partial charge in [0, 0.05) is 36.3 Å². The van der Waals surface area contributed by atoms with E-state index in [4.69, 9.17) is 0 Å². The summed E-state index contributed by atoms with van der Waals surface area (Å²) in [4.78, 5) is 4.63. The van der Waals surface area contributed by atoms with Crippen molar-refractivity contribution in [1.29, 1.82) is 0 Å². The maximum atomic E-state index is 4.63. The highest BCUT2D eigenvalue weighted by Gasteiger charge is 2.09. The minimum atomic E-state index is 0.715. The number of aromatic nitrogens is 3. The van der Waals surface area contributed by atoms with Crippen LogP contribution in [0.25, 0.3) is 32.7 Å². The molecule has 0 radical (unpaired) electrons. The Morgan fingerprint density at radius 3 is 2.42 bits per heavy atom. The van der Waals surface area contributed by atoms with E-state index in [1.165, 1.54) is 27.2 Å². The molecule has 0 aliphatic carbocycles. The van der Waals surface area contributed by atoms with Gasteiger partial charge >= 0.3 is 0 Å². The van der Waals surface area contributed by atoms with Crippen LogP contribution in [0.2, 0.25) is 0 Å². The van der Waals surface area contributed by atoms with Crippen molar-refractivity contribution < 1.29 is 0 Å². The van der Waals surface area contributed by atoms with E-state index in [1.54, 1.807) is 0 Å². The standard InChI is InChI=1S/C28H23N5/c1-32-27-16-7-5-14-25(27)30-28(32)31-29-17-22-19-33(26-15-6-4-13-24(22)26)18-21-11-8-10-20-9-2-3-12-23(20)21/h2-17,19H,18H2,1H3,(H,30,31)/b29-17-. The topological polar surface area (TPSA) is 47.1 Å². The number of benzene rings is 4. The molecule has 0 saturated heterocycles. The summed E-state index contributed by atoms with van der Waals surface area (Å²) in [6.45, 7) is 0.799. The van der Waals surface area contributed by atoms with Crippen molar-refractivity contribution in [2.75, 3.05) is 5.43 Å². The number of nitrogens with zero attached hydrogens (tertiary/aromatic N) is 4. The minimum Gasteiger partial charge on any atom is -0.342 e. The number of aryl methyl sites for hydroxylation is 1. The summed E-state index contributed by atoms with van der Waals surface area (Å²) in [5, 5.41) is 8.24. The van der Waals surface area contributed by atoms with Gasteiger partial charge in [0.2, 0.25) is 5.95 Å². The lowest BCUT2D eigenvalue weighted by molar-refractivity contribution is 0.842. The minimum absolute atomic E-state index is 0.715. The summed E-state index contributed by atoms with van der Waals surface area (Å²) in [7, 11) is 1.99. The molecule has 5 heteroatoms. The molecule has 0 aliphatic heterocycles. The van der Waals surface area contributed by atoms with Crippen molar-refractivity contribution in [2.45, 2.75) is 6.54 Å². The normalized spacial score (nSPS) is 11.8. The van der Waals surface area contributed by atoms with Gasteiger partial charge in [0.05, 0.1) is 17.2 Å². The molecule has 6 rings (SSSR count). The number of anilines is 1. The van der Waals surface area contributed by atoms with Crippen molar-refractivity contribution in [3.05, 3.63) is 108 Å². The Labute approximate surface area is 191 Å². The Balaban J connectivity index is 1.34. The number of fused-ring (bicyclic) bond motifs is 3. The number of rotatable bonds is 5. The third-order valence-electron chi connectivity index (χ3n) is 6.20. The number of hydrogen-bond donors (Lipinski definition) is 1. The van der Waals surface area contributed by atoms with Crippen LogP contribution >= 0.6 is 0 Å². The zero-order valence-corrected chi connectivity index (χ0v) is 18.3. The Morgan fingerprint density at radius 2 is 1.55 bits per heavy atom. The van der Waals surface area contributed by atoms with Crippen LogP contribution in [-0.4, -0.2) is 20.3 Å². The summed E-state index contributed by atoms with van der Waals surface area (Å²) in [5.41, 5.74) is 8.69. The molecule has 5 nitrogen and oxygen atoms in total. The lowest BCUT2D eigenvalue weighted by atomic mass is 10.0. The van der Waals surface area contributed by atoms with Crippen LogP contribution < -0.4 is 5.43 Å². The van der Waals surface area contributed by atoms with Gasteiger partial charge in [0.25, 0.3) is 0 Å². The van der Waals surface area contributed by atoms with Crippen molar-refractivity contribution in [1.82, 2.24) is 14.1 Å². The van der Waals surface area contributed by atoms with Gasteiger partial charge in [-0.1, -0.05) is 72.8 Å². The van der Waals surface area contributed by atoms with Gasteiger partial charge in [0.1, 0.15) is 0 Å². The summed E-state index contributed by atoms with van der Waals surface area (Å²) in [6.07, 6.45) is 4.05. The number of nitrogens with one attached hydrogen (secondary N) is 1. The molecule has 0 saturated carbocycles. The molecule has 160 valence electrons. The molecule has 2 heterocycles. The lowest BCUT2D eigenvalue weighted by Gasteiger charge is -2.09. The molecule has 1 N–H and O–H groups in total. The molecule has 0 aliphatic rings.